The van der Waals surface area contributed by atoms with E-state index >= 15 is 0 Å². The van der Waals surface area contributed by atoms with Gasteiger partial charge in [0, 0.05) is 28.5 Å². The molecule has 0 spiro atoms. The molecule has 0 saturated heterocycles. The molecule has 63 heavy (non-hydrogen) atoms. The van der Waals surface area contributed by atoms with E-state index in [1.165, 1.54) is 41.5 Å². The van der Waals surface area contributed by atoms with Gasteiger partial charge in [-0.15, -0.1) is 0 Å². The predicted octanol–water partition coefficient (Wildman–Crippen LogP) is 15.4. The minimum Gasteiger partial charge on any atom is -0.507 e. The predicted molar refractivity (Wildman–Crippen MR) is 263 cm³/mol. The van der Waals surface area contributed by atoms with Crippen LogP contribution in [-0.4, -0.2) is 19.6 Å². The molecule has 8 aromatic rings. The van der Waals surface area contributed by atoms with Gasteiger partial charge in [-0.1, -0.05) is 153 Å². The van der Waals surface area contributed by atoms with Gasteiger partial charge in [0.1, 0.15) is 11.6 Å². The zero-order valence-electron chi connectivity index (χ0n) is 38.3. The fraction of sp³-hybridized carbons (Fsp3) is 0.288. The number of phenols is 1. The summed E-state index contributed by atoms with van der Waals surface area (Å²) in [4.78, 5) is 10.7. The van der Waals surface area contributed by atoms with Crippen molar-refractivity contribution in [1.82, 2.24) is 14.5 Å². The van der Waals surface area contributed by atoms with E-state index in [-0.39, 0.29) is 22.0 Å². The lowest BCUT2D eigenvalue weighted by molar-refractivity contribution is -0.0273. The Kier molecular flexibility index (Phi) is 9.49. The van der Waals surface area contributed by atoms with Crippen molar-refractivity contribution in [3.05, 3.63) is 168 Å². The Morgan fingerprint density at radius 1 is 0.540 bits per heavy atom. The van der Waals surface area contributed by atoms with E-state index < -0.39 is 0 Å². The summed E-state index contributed by atoms with van der Waals surface area (Å²) in [6.07, 6.45) is 5.78. The number of nitrogens with zero attached hydrogens (tertiary/aromatic N) is 3. The summed E-state index contributed by atoms with van der Waals surface area (Å²) in [5, 5.41) is 12.6. The maximum absolute atomic E-state index is 12.6. The van der Waals surface area contributed by atoms with E-state index in [4.69, 9.17) is 9.97 Å². The number of hydrogen-bond donors (Lipinski definition) is 1. The molecule has 3 fully saturated rings. The van der Waals surface area contributed by atoms with Gasteiger partial charge < -0.3 is 5.11 Å². The molecule has 4 heteroatoms. The van der Waals surface area contributed by atoms with Gasteiger partial charge in [0.2, 0.25) is 0 Å². The number of phenolic OH excluding ortho intramolecular Hbond substituents is 1. The van der Waals surface area contributed by atoms with E-state index in [9.17, 15) is 5.11 Å². The summed E-state index contributed by atoms with van der Waals surface area (Å²) >= 11 is 0. The van der Waals surface area contributed by atoms with Gasteiger partial charge in [-0.05, 0) is 134 Å². The molecule has 2 aromatic heterocycles. The zero-order valence-corrected chi connectivity index (χ0v) is 38.3. The number of pyridine rings is 1. The van der Waals surface area contributed by atoms with Crippen LogP contribution in [0.15, 0.2) is 146 Å². The number of imidazole rings is 1. The van der Waals surface area contributed by atoms with Crippen molar-refractivity contribution in [3.8, 4) is 67.5 Å². The first-order valence-electron chi connectivity index (χ1n) is 22.7. The fourth-order valence-corrected chi connectivity index (χ4v) is 10.1. The van der Waals surface area contributed by atoms with Crippen molar-refractivity contribution in [2.24, 2.45) is 5.92 Å². The van der Waals surface area contributed by atoms with Gasteiger partial charge >= 0.3 is 0 Å². The van der Waals surface area contributed by atoms with Gasteiger partial charge in [-0.25, -0.2) is 4.98 Å². The van der Waals surface area contributed by atoms with Crippen molar-refractivity contribution in [3.63, 3.8) is 0 Å². The highest BCUT2D eigenvalue weighted by Crippen LogP contribution is 2.65. The maximum atomic E-state index is 12.6. The molecular formula is C59H59N3O. The molecule has 0 aliphatic heterocycles. The highest BCUT2D eigenvalue weighted by atomic mass is 16.3. The lowest BCUT2D eigenvalue weighted by atomic mass is 9.42. The average molecular weight is 826 g/mol. The molecule has 0 amide bonds. The molecule has 11 rings (SSSR count). The fourth-order valence-electron chi connectivity index (χ4n) is 10.1. The molecule has 0 atom stereocenters. The Bertz CT molecular complexity index is 3030. The minimum absolute atomic E-state index is 0.129. The summed E-state index contributed by atoms with van der Waals surface area (Å²) in [7, 11) is 0. The molecule has 3 aliphatic rings. The van der Waals surface area contributed by atoms with Gasteiger partial charge in [-0.3, -0.25) is 9.55 Å². The highest BCUT2D eigenvalue weighted by Gasteiger charge is 2.57. The van der Waals surface area contributed by atoms with Crippen molar-refractivity contribution in [1.29, 1.82) is 0 Å². The summed E-state index contributed by atoms with van der Waals surface area (Å²) in [6.45, 7) is 20.1. The van der Waals surface area contributed by atoms with Crippen LogP contribution >= 0.6 is 0 Å². The molecule has 1 N–H and O–H groups in total. The summed E-state index contributed by atoms with van der Waals surface area (Å²) < 4.78 is 2.33. The van der Waals surface area contributed by atoms with Gasteiger partial charge in [-0.2, -0.15) is 0 Å². The third-order valence-electron chi connectivity index (χ3n) is 14.0. The third-order valence-corrected chi connectivity index (χ3v) is 14.0. The minimum atomic E-state index is -0.308. The second kappa shape index (κ2) is 14.7. The van der Waals surface area contributed by atoms with Gasteiger partial charge in [0.05, 0.1) is 28.0 Å². The second-order valence-corrected chi connectivity index (χ2v) is 21.6. The summed E-state index contributed by atoms with van der Waals surface area (Å²) in [5.74, 6) is 1.89. The summed E-state index contributed by atoms with van der Waals surface area (Å²) in [6, 6.07) is 50.7. The molecule has 316 valence electrons. The Morgan fingerprint density at radius 2 is 1.19 bits per heavy atom. The van der Waals surface area contributed by atoms with E-state index in [2.05, 4.69) is 206 Å². The Balaban J connectivity index is 1.26. The Hall–Kier alpha value is -6.26. The molecule has 3 aliphatic carbocycles. The number of para-hydroxylation sites is 1. The average Bonchev–Trinajstić information content (AvgIpc) is 3.61. The van der Waals surface area contributed by atoms with Gasteiger partial charge in [0.25, 0.3) is 0 Å². The van der Waals surface area contributed by atoms with Crippen LogP contribution in [0.3, 0.4) is 0 Å². The van der Waals surface area contributed by atoms with E-state index in [1.807, 2.05) is 6.20 Å². The molecule has 0 unspecified atom stereocenters. The lowest BCUT2D eigenvalue weighted by Gasteiger charge is -2.62. The number of aromatic hydroxyl groups is 1. The molecule has 2 bridgehead atoms. The van der Waals surface area contributed by atoms with Crippen LogP contribution in [0.25, 0.3) is 72.7 Å². The zero-order chi connectivity index (χ0) is 44.1. The normalized spacial score (nSPS) is 17.4. The highest BCUT2D eigenvalue weighted by molar-refractivity contribution is 5.98. The topological polar surface area (TPSA) is 50.9 Å². The molecule has 2 heterocycles. The molecule has 0 radical (unpaired) electrons. The molecule has 6 aromatic carbocycles. The van der Waals surface area contributed by atoms with Crippen LogP contribution in [0, 0.1) is 5.92 Å². The van der Waals surface area contributed by atoms with Crippen LogP contribution in [0.5, 0.6) is 5.75 Å². The Morgan fingerprint density at radius 3 is 1.83 bits per heavy atom. The van der Waals surface area contributed by atoms with Crippen LogP contribution in [0.1, 0.15) is 104 Å². The van der Waals surface area contributed by atoms with Crippen molar-refractivity contribution in [2.75, 3.05) is 0 Å². The second-order valence-electron chi connectivity index (χ2n) is 21.6. The largest absolute Gasteiger partial charge is 0.507 e. The maximum Gasteiger partial charge on any atom is 0.149 e. The van der Waals surface area contributed by atoms with E-state index in [0.717, 1.165) is 78.7 Å². The van der Waals surface area contributed by atoms with Crippen LogP contribution < -0.4 is 0 Å². The first-order chi connectivity index (χ1) is 30.0. The number of hydrogen-bond acceptors (Lipinski definition) is 3. The van der Waals surface area contributed by atoms with E-state index in [1.54, 1.807) is 0 Å². The smallest absolute Gasteiger partial charge is 0.149 e. The Labute approximate surface area is 373 Å². The van der Waals surface area contributed by atoms with Crippen LogP contribution in [-0.2, 0) is 21.7 Å². The number of benzene rings is 6. The molecular weight excluding hydrogens is 767 g/mol. The SMILES string of the molecule is CC(C)(C)c1cc(-c2cc(-c3ccccc3)ccn2)cc(-c2cccc3c2nc(-c2cc(C(C)(C)C)cc(C(C)(C)C)c2O)n3-c2ccc(C34CC(C3)C4)cc2-c2ccccc2)c1. The number of rotatable bonds is 7. The number of fused-ring (bicyclic) bond motifs is 1. The third kappa shape index (κ3) is 7.18. The van der Waals surface area contributed by atoms with Crippen LogP contribution in [0.2, 0.25) is 0 Å². The van der Waals surface area contributed by atoms with Crippen LogP contribution in [0.4, 0.5) is 0 Å². The van der Waals surface area contributed by atoms with Gasteiger partial charge in [0.15, 0.2) is 0 Å². The molecule has 3 saturated carbocycles. The first-order valence-corrected chi connectivity index (χ1v) is 22.7. The van der Waals surface area contributed by atoms with Crippen molar-refractivity contribution < 1.29 is 5.11 Å². The van der Waals surface area contributed by atoms with Crippen molar-refractivity contribution in [2.45, 2.75) is 103 Å². The lowest BCUT2D eigenvalue weighted by Crippen LogP contribution is -2.55. The standard InChI is InChI=1S/C59H59N3O/c1-56(2,3)44-28-41(27-42(29-44)50-30-40(25-26-60-50)38-17-12-10-13-18-38)46-21-16-22-52-53(46)61-55(48-32-45(57(4,5)6)33-49(54(48)63)58(7,8)9)62(52)51-24-23-43(59-34-37(35-59)36-59)31-47(51)39-19-14-11-15-20-39/h10-33,37,63H,34-36H2,1-9H3. The summed E-state index contributed by atoms with van der Waals surface area (Å²) in [5.41, 5.74) is 16.8. The quantitative estimate of drug-likeness (QED) is 0.174. The first kappa shape index (κ1) is 40.8. The monoisotopic (exact) mass is 825 g/mol. The van der Waals surface area contributed by atoms with E-state index in [0.29, 0.717) is 5.41 Å². The number of aromatic nitrogens is 3. The molecule has 4 nitrogen and oxygen atoms in total. The van der Waals surface area contributed by atoms with Crippen molar-refractivity contribution >= 4 is 11.0 Å².